The number of aryl methyl sites for hydroxylation is 3. The number of rotatable bonds is 4. The molecule has 4 heteroatoms. The highest BCUT2D eigenvalue weighted by Crippen LogP contribution is 2.23. The van der Waals surface area contributed by atoms with E-state index in [9.17, 15) is 8.42 Å². The Morgan fingerprint density at radius 1 is 1.00 bits per heavy atom. The van der Waals surface area contributed by atoms with Crippen LogP contribution in [0.3, 0.4) is 0 Å². The molecule has 0 aliphatic carbocycles. The van der Waals surface area contributed by atoms with Crippen LogP contribution >= 0.6 is 0 Å². The Morgan fingerprint density at radius 3 is 2.29 bits per heavy atom. The maximum atomic E-state index is 12.6. The summed E-state index contributed by atoms with van der Waals surface area (Å²) in [5.41, 5.74) is 9.84. The molecule has 0 aliphatic rings. The van der Waals surface area contributed by atoms with Crippen molar-refractivity contribution in [3.63, 3.8) is 0 Å². The Labute approximate surface area is 126 Å². The molecule has 0 radical (unpaired) electrons. The average Bonchev–Trinajstić information content (AvgIpc) is 2.37. The van der Waals surface area contributed by atoms with Gasteiger partial charge in [0.05, 0.1) is 10.6 Å². The first-order valence-corrected chi connectivity index (χ1v) is 8.57. The molecule has 112 valence electrons. The fraction of sp³-hybridized carbons (Fsp3) is 0.294. The van der Waals surface area contributed by atoms with Crippen LogP contribution in [0.1, 0.15) is 28.3 Å². The third-order valence-corrected chi connectivity index (χ3v) is 5.58. The molecule has 21 heavy (non-hydrogen) atoms. The number of sulfone groups is 1. The predicted molar refractivity (Wildman–Crippen MR) is 86.1 cm³/mol. The van der Waals surface area contributed by atoms with Crippen LogP contribution in [-0.4, -0.2) is 14.2 Å². The molecule has 2 aromatic carbocycles. The second-order valence-electron chi connectivity index (χ2n) is 5.51. The van der Waals surface area contributed by atoms with E-state index >= 15 is 0 Å². The third-order valence-electron chi connectivity index (χ3n) is 3.65. The monoisotopic (exact) mass is 303 g/mol. The Bertz CT molecular complexity index is 751. The minimum absolute atomic E-state index is 0.0816. The van der Waals surface area contributed by atoms with Crippen LogP contribution in [0, 0.1) is 20.8 Å². The lowest BCUT2D eigenvalue weighted by Crippen LogP contribution is -2.23. The zero-order valence-corrected chi connectivity index (χ0v) is 13.4. The van der Waals surface area contributed by atoms with Crippen LogP contribution in [0.25, 0.3) is 0 Å². The van der Waals surface area contributed by atoms with Gasteiger partial charge in [-0.2, -0.15) is 0 Å². The second-order valence-corrected chi connectivity index (χ2v) is 7.52. The minimum Gasteiger partial charge on any atom is -0.323 e. The van der Waals surface area contributed by atoms with Gasteiger partial charge < -0.3 is 5.73 Å². The quantitative estimate of drug-likeness (QED) is 0.944. The van der Waals surface area contributed by atoms with Crippen LogP contribution in [0.5, 0.6) is 0 Å². The van der Waals surface area contributed by atoms with E-state index in [2.05, 4.69) is 0 Å². The summed E-state index contributed by atoms with van der Waals surface area (Å²) in [7, 11) is -3.40. The molecule has 0 bridgehead atoms. The standard InChI is InChI=1S/C17H21NO2S/c1-12-8-9-17(14(3)10-12)21(19,20)11-16(18)15-7-5-4-6-13(15)2/h4-10,16H,11,18H2,1-3H3. The van der Waals surface area contributed by atoms with E-state index in [4.69, 9.17) is 5.73 Å². The summed E-state index contributed by atoms with van der Waals surface area (Å²) in [5.74, 6) is -0.0816. The van der Waals surface area contributed by atoms with E-state index in [1.165, 1.54) is 0 Å². The summed E-state index contributed by atoms with van der Waals surface area (Å²) in [4.78, 5) is 0.372. The van der Waals surface area contributed by atoms with Crippen LogP contribution in [0.2, 0.25) is 0 Å². The van der Waals surface area contributed by atoms with Crippen LogP contribution in [0.15, 0.2) is 47.4 Å². The van der Waals surface area contributed by atoms with E-state index < -0.39 is 15.9 Å². The molecule has 2 aromatic rings. The van der Waals surface area contributed by atoms with Gasteiger partial charge in [-0.05, 0) is 43.5 Å². The molecule has 1 atom stereocenters. The summed E-state index contributed by atoms with van der Waals surface area (Å²) in [6.07, 6.45) is 0. The lowest BCUT2D eigenvalue weighted by atomic mass is 10.0. The predicted octanol–water partition coefficient (Wildman–Crippen LogP) is 3.09. The highest BCUT2D eigenvalue weighted by Gasteiger charge is 2.22. The van der Waals surface area contributed by atoms with E-state index in [1.54, 1.807) is 6.07 Å². The number of hydrogen-bond acceptors (Lipinski definition) is 3. The van der Waals surface area contributed by atoms with Crippen molar-refractivity contribution < 1.29 is 8.42 Å². The van der Waals surface area contributed by atoms with Gasteiger partial charge in [-0.3, -0.25) is 0 Å². The SMILES string of the molecule is Cc1ccc(S(=O)(=O)CC(N)c2ccccc2C)c(C)c1. The molecule has 0 aliphatic heterocycles. The molecule has 0 aromatic heterocycles. The largest absolute Gasteiger partial charge is 0.323 e. The zero-order chi connectivity index (χ0) is 15.6. The Morgan fingerprint density at radius 2 is 1.67 bits per heavy atom. The molecule has 2 rings (SSSR count). The molecule has 0 fully saturated rings. The van der Waals surface area contributed by atoms with Gasteiger partial charge in [0, 0.05) is 6.04 Å². The van der Waals surface area contributed by atoms with E-state index in [0.29, 0.717) is 4.90 Å². The molecular weight excluding hydrogens is 282 g/mol. The van der Waals surface area contributed by atoms with Crippen molar-refractivity contribution in [2.75, 3.05) is 5.75 Å². The number of nitrogens with two attached hydrogens (primary N) is 1. The van der Waals surface area contributed by atoms with Gasteiger partial charge in [0.1, 0.15) is 0 Å². The lowest BCUT2D eigenvalue weighted by Gasteiger charge is -2.16. The average molecular weight is 303 g/mol. The highest BCUT2D eigenvalue weighted by atomic mass is 32.2. The number of benzene rings is 2. The fourth-order valence-electron chi connectivity index (χ4n) is 2.57. The topological polar surface area (TPSA) is 60.2 Å². The maximum absolute atomic E-state index is 12.6. The molecule has 3 nitrogen and oxygen atoms in total. The van der Waals surface area contributed by atoms with Crippen molar-refractivity contribution in [3.05, 3.63) is 64.7 Å². The lowest BCUT2D eigenvalue weighted by molar-refractivity contribution is 0.588. The van der Waals surface area contributed by atoms with Gasteiger partial charge in [0.15, 0.2) is 9.84 Å². The van der Waals surface area contributed by atoms with Gasteiger partial charge in [-0.1, -0.05) is 42.0 Å². The van der Waals surface area contributed by atoms with Gasteiger partial charge in [0.25, 0.3) is 0 Å². The van der Waals surface area contributed by atoms with Gasteiger partial charge in [-0.15, -0.1) is 0 Å². The van der Waals surface area contributed by atoms with Crippen LogP contribution in [-0.2, 0) is 9.84 Å². The smallest absolute Gasteiger partial charge is 0.180 e. The summed E-state index contributed by atoms with van der Waals surface area (Å²) in [5, 5.41) is 0. The van der Waals surface area contributed by atoms with Crippen LogP contribution < -0.4 is 5.73 Å². The second kappa shape index (κ2) is 6.00. The Balaban J connectivity index is 2.31. The van der Waals surface area contributed by atoms with Gasteiger partial charge in [0.2, 0.25) is 0 Å². The Hall–Kier alpha value is -1.65. The summed E-state index contributed by atoms with van der Waals surface area (Å²) >= 11 is 0. The van der Waals surface area contributed by atoms with E-state index in [-0.39, 0.29) is 5.75 Å². The zero-order valence-electron chi connectivity index (χ0n) is 12.6. The fourth-order valence-corrected chi connectivity index (χ4v) is 4.22. The van der Waals surface area contributed by atoms with Crippen molar-refractivity contribution in [1.29, 1.82) is 0 Å². The molecule has 0 spiro atoms. The first-order valence-electron chi connectivity index (χ1n) is 6.92. The Kier molecular flexibility index (Phi) is 4.49. The molecule has 0 amide bonds. The summed E-state index contributed by atoms with van der Waals surface area (Å²) in [6.45, 7) is 5.71. The molecule has 0 saturated carbocycles. The molecule has 1 unspecified atom stereocenters. The van der Waals surface area contributed by atoms with E-state index in [1.807, 2.05) is 57.2 Å². The van der Waals surface area contributed by atoms with Crippen molar-refractivity contribution in [3.8, 4) is 0 Å². The van der Waals surface area contributed by atoms with Crippen molar-refractivity contribution in [1.82, 2.24) is 0 Å². The molecule has 2 N–H and O–H groups in total. The maximum Gasteiger partial charge on any atom is 0.180 e. The van der Waals surface area contributed by atoms with Gasteiger partial charge >= 0.3 is 0 Å². The number of hydrogen-bond donors (Lipinski definition) is 1. The third kappa shape index (κ3) is 3.52. The van der Waals surface area contributed by atoms with Gasteiger partial charge in [-0.25, -0.2) is 8.42 Å². The van der Waals surface area contributed by atoms with Crippen molar-refractivity contribution in [2.45, 2.75) is 31.7 Å². The first kappa shape index (κ1) is 15.7. The summed E-state index contributed by atoms with van der Waals surface area (Å²) in [6, 6.07) is 12.5. The molecular formula is C17H21NO2S. The minimum atomic E-state index is -3.40. The normalized spacial score (nSPS) is 13.1. The molecule has 0 saturated heterocycles. The van der Waals surface area contributed by atoms with E-state index in [0.717, 1.165) is 22.3 Å². The highest BCUT2D eigenvalue weighted by molar-refractivity contribution is 7.91. The van der Waals surface area contributed by atoms with Crippen molar-refractivity contribution in [2.24, 2.45) is 5.73 Å². The summed E-state index contributed by atoms with van der Waals surface area (Å²) < 4.78 is 25.2. The first-order chi connectivity index (χ1) is 9.81. The van der Waals surface area contributed by atoms with Crippen molar-refractivity contribution >= 4 is 9.84 Å². The van der Waals surface area contributed by atoms with Crippen LogP contribution in [0.4, 0.5) is 0 Å². The molecule has 0 heterocycles.